The number of halogens is 2. The zero-order valence-corrected chi connectivity index (χ0v) is 11.9. The second-order valence-corrected chi connectivity index (χ2v) is 6.22. The summed E-state index contributed by atoms with van der Waals surface area (Å²) < 4.78 is 5.70. The Kier molecular flexibility index (Phi) is 3.81. The molecule has 1 heterocycles. The molecule has 1 atom stereocenters. The summed E-state index contributed by atoms with van der Waals surface area (Å²) in [5.74, 6) is 1.70. The highest BCUT2D eigenvalue weighted by molar-refractivity contribution is 9.09. The minimum atomic E-state index is 0.332. The molecule has 0 aromatic heterocycles. The number of ether oxygens (including phenoxy) is 1. The van der Waals surface area contributed by atoms with Gasteiger partial charge in [0.1, 0.15) is 5.75 Å². The van der Waals surface area contributed by atoms with E-state index in [-0.39, 0.29) is 0 Å². The normalized spacial score (nSPS) is 16.1. The molecule has 2 rings (SSSR count). The molecule has 16 heavy (non-hydrogen) atoms. The molecule has 1 aromatic rings. The Hall–Kier alpha value is -0.210. The molecular formula is C13H16BrClO. The first kappa shape index (κ1) is 12.3. The van der Waals surface area contributed by atoms with Crippen molar-refractivity contribution in [3.8, 4) is 5.75 Å². The highest BCUT2D eigenvalue weighted by Gasteiger charge is 2.22. The number of hydrogen-bond acceptors (Lipinski definition) is 1. The Bertz CT molecular complexity index is 390. The summed E-state index contributed by atoms with van der Waals surface area (Å²) >= 11 is 9.87. The summed E-state index contributed by atoms with van der Waals surface area (Å²) in [4.78, 5) is 0.332. The minimum Gasteiger partial charge on any atom is -0.493 e. The van der Waals surface area contributed by atoms with Crippen LogP contribution in [0.2, 0.25) is 5.02 Å². The fourth-order valence-electron chi connectivity index (χ4n) is 2.07. The number of alkyl halides is 1. The van der Waals surface area contributed by atoms with E-state index >= 15 is 0 Å². The first-order valence-electron chi connectivity index (χ1n) is 5.67. The zero-order valence-electron chi connectivity index (χ0n) is 9.59. The number of rotatable bonds is 3. The third kappa shape index (κ3) is 2.54. The predicted octanol–water partition coefficient (Wildman–Crippen LogP) is 4.76. The lowest BCUT2D eigenvalue weighted by Crippen LogP contribution is -1.99. The van der Waals surface area contributed by atoms with Gasteiger partial charge in [0.2, 0.25) is 0 Å². The van der Waals surface area contributed by atoms with Crippen LogP contribution in [0.15, 0.2) is 12.1 Å². The van der Waals surface area contributed by atoms with E-state index in [9.17, 15) is 0 Å². The van der Waals surface area contributed by atoms with E-state index in [2.05, 4.69) is 29.8 Å². The van der Waals surface area contributed by atoms with Crippen LogP contribution in [0.3, 0.4) is 0 Å². The number of hydrogen-bond donors (Lipinski definition) is 0. The van der Waals surface area contributed by atoms with Crippen LogP contribution in [0, 0.1) is 5.92 Å². The highest BCUT2D eigenvalue weighted by Crippen LogP contribution is 2.41. The van der Waals surface area contributed by atoms with Crippen molar-refractivity contribution in [1.82, 2.24) is 0 Å². The van der Waals surface area contributed by atoms with Crippen molar-refractivity contribution in [1.29, 1.82) is 0 Å². The van der Waals surface area contributed by atoms with E-state index in [4.69, 9.17) is 16.3 Å². The van der Waals surface area contributed by atoms with Crippen molar-refractivity contribution >= 4 is 27.5 Å². The van der Waals surface area contributed by atoms with Crippen LogP contribution in [0.4, 0.5) is 0 Å². The quantitative estimate of drug-likeness (QED) is 0.732. The van der Waals surface area contributed by atoms with Gasteiger partial charge in [0.05, 0.1) is 6.61 Å². The average molecular weight is 304 g/mol. The lowest BCUT2D eigenvalue weighted by molar-refractivity contribution is 0.352. The number of fused-ring (bicyclic) bond motifs is 1. The van der Waals surface area contributed by atoms with E-state index in [1.54, 1.807) is 0 Å². The van der Waals surface area contributed by atoms with Crippen molar-refractivity contribution in [2.75, 3.05) is 6.61 Å². The Labute approximate surface area is 110 Å². The topological polar surface area (TPSA) is 9.23 Å². The summed E-state index contributed by atoms with van der Waals surface area (Å²) in [6.45, 7) is 5.23. The van der Waals surface area contributed by atoms with Crippen LogP contribution in [0.5, 0.6) is 5.75 Å². The summed E-state index contributed by atoms with van der Waals surface area (Å²) in [7, 11) is 0. The fourth-order valence-corrected chi connectivity index (χ4v) is 3.41. The van der Waals surface area contributed by atoms with E-state index < -0.39 is 0 Å². The highest BCUT2D eigenvalue weighted by atomic mass is 79.9. The van der Waals surface area contributed by atoms with Gasteiger partial charge in [-0.25, -0.2) is 0 Å². The molecule has 1 aliphatic heterocycles. The smallest absolute Gasteiger partial charge is 0.127 e. The van der Waals surface area contributed by atoms with Crippen molar-refractivity contribution in [2.45, 2.75) is 31.5 Å². The SMILES string of the molecule is CC(C)CC(Br)c1cc(Cl)cc2c1OCC2. The fraction of sp³-hybridized carbons (Fsp3) is 0.538. The van der Waals surface area contributed by atoms with Crippen LogP contribution >= 0.6 is 27.5 Å². The lowest BCUT2D eigenvalue weighted by atomic mass is 9.99. The molecular weight excluding hydrogens is 287 g/mol. The Balaban J connectivity index is 2.33. The third-order valence-corrected chi connectivity index (χ3v) is 3.88. The molecule has 0 spiro atoms. The van der Waals surface area contributed by atoms with Crippen molar-refractivity contribution in [3.63, 3.8) is 0 Å². The Morgan fingerprint density at radius 2 is 2.19 bits per heavy atom. The van der Waals surface area contributed by atoms with Gasteiger partial charge in [0.25, 0.3) is 0 Å². The van der Waals surface area contributed by atoms with Crippen molar-refractivity contribution in [3.05, 3.63) is 28.3 Å². The van der Waals surface area contributed by atoms with Gasteiger partial charge in [-0.15, -0.1) is 0 Å². The molecule has 1 unspecified atom stereocenters. The average Bonchev–Trinajstić information content (AvgIpc) is 2.62. The Morgan fingerprint density at radius 3 is 2.88 bits per heavy atom. The molecule has 0 radical (unpaired) electrons. The zero-order chi connectivity index (χ0) is 11.7. The molecule has 0 saturated heterocycles. The predicted molar refractivity (Wildman–Crippen MR) is 71.8 cm³/mol. The van der Waals surface area contributed by atoms with Gasteiger partial charge in [-0.3, -0.25) is 0 Å². The van der Waals surface area contributed by atoms with E-state index in [0.717, 1.165) is 30.2 Å². The molecule has 0 amide bonds. The molecule has 0 N–H and O–H groups in total. The van der Waals surface area contributed by atoms with Crippen molar-refractivity contribution < 1.29 is 4.74 Å². The van der Waals surface area contributed by atoms with E-state index in [1.807, 2.05) is 12.1 Å². The molecule has 1 nitrogen and oxygen atoms in total. The van der Waals surface area contributed by atoms with Gasteiger partial charge >= 0.3 is 0 Å². The molecule has 1 aliphatic rings. The lowest BCUT2D eigenvalue weighted by Gasteiger charge is -2.16. The molecule has 3 heteroatoms. The first-order valence-corrected chi connectivity index (χ1v) is 6.96. The maximum absolute atomic E-state index is 6.13. The van der Waals surface area contributed by atoms with Gasteiger partial charge in [-0.2, -0.15) is 0 Å². The maximum atomic E-state index is 6.13. The third-order valence-electron chi connectivity index (χ3n) is 2.79. The second-order valence-electron chi connectivity index (χ2n) is 4.68. The van der Waals surface area contributed by atoms with Crippen LogP contribution in [-0.2, 0) is 6.42 Å². The van der Waals surface area contributed by atoms with Crippen LogP contribution in [0.25, 0.3) is 0 Å². The van der Waals surface area contributed by atoms with Gasteiger partial charge in [-0.1, -0.05) is 41.4 Å². The summed E-state index contributed by atoms with van der Waals surface area (Å²) in [5, 5.41) is 0.812. The summed E-state index contributed by atoms with van der Waals surface area (Å²) in [5.41, 5.74) is 2.45. The molecule has 0 fully saturated rings. The minimum absolute atomic E-state index is 0.332. The van der Waals surface area contributed by atoms with Crippen LogP contribution < -0.4 is 4.74 Å². The molecule has 0 bridgehead atoms. The van der Waals surface area contributed by atoms with Gasteiger partial charge in [0, 0.05) is 21.8 Å². The molecule has 0 aliphatic carbocycles. The standard InChI is InChI=1S/C13H16BrClO/c1-8(2)5-12(14)11-7-10(15)6-9-3-4-16-13(9)11/h6-8,12H,3-5H2,1-2H3. The van der Waals surface area contributed by atoms with Crippen LogP contribution in [0.1, 0.15) is 36.2 Å². The number of benzene rings is 1. The van der Waals surface area contributed by atoms with Crippen molar-refractivity contribution in [2.24, 2.45) is 5.92 Å². The van der Waals surface area contributed by atoms with E-state index in [0.29, 0.717) is 10.7 Å². The van der Waals surface area contributed by atoms with Crippen LogP contribution in [-0.4, -0.2) is 6.61 Å². The molecule has 0 saturated carbocycles. The van der Waals surface area contributed by atoms with E-state index in [1.165, 1.54) is 11.1 Å². The first-order chi connectivity index (χ1) is 7.58. The largest absolute Gasteiger partial charge is 0.493 e. The summed E-state index contributed by atoms with van der Waals surface area (Å²) in [6.07, 6.45) is 2.07. The summed E-state index contributed by atoms with van der Waals surface area (Å²) in [6, 6.07) is 4.04. The van der Waals surface area contributed by atoms with Gasteiger partial charge < -0.3 is 4.74 Å². The molecule has 1 aromatic carbocycles. The second kappa shape index (κ2) is 4.97. The van der Waals surface area contributed by atoms with Gasteiger partial charge in [0.15, 0.2) is 0 Å². The van der Waals surface area contributed by atoms with Gasteiger partial charge in [-0.05, 0) is 30.0 Å². The Morgan fingerprint density at radius 1 is 1.44 bits per heavy atom. The maximum Gasteiger partial charge on any atom is 0.127 e. The monoisotopic (exact) mass is 302 g/mol. The molecule has 88 valence electrons.